The summed E-state index contributed by atoms with van der Waals surface area (Å²) in [6.45, 7) is 9.34. The normalized spacial score (nSPS) is 26.9. The Morgan fingerprint density at radius 2 is 1.86 bits per heavy atom. The average molecular weight is 317 g/mol. The molecular weight excluding hydrogens is 284 g/mol. The summed E-state index contributed by atoms with van der Waals surface area (Å²) in [5, 5.41) is 3.76. The summed E-state index contributed by atoms with van der Waals surface area (Å²) >= 11 is 0. The van der Waals surface area contributed by atoms with E-state index in [1.807, 2.05) is 0 Å². The van der Waals surface area contributed by atoms with Crippen LogP contribution in [0, 0.1) is 5.92 Å². The maximum atomic E-state index is 11.7. The van der Waals surface area contributed by atoms with Gasteiger partial charge in [-0.3, -0.25) is 4.90 Å². The summed E-state index contributed by atoms with van der Waals surface area (Å²) in [7, 11) is -2.83. The van der Waals surface area contributed by atoms with Crippen LogP contribution in [-0.4, -0.2) is 56.0 Å². The largest absolute Gasteiger partial charge is 0.311 e. The van der Waals surface area contributed by atoms with E-state index in [1.165, 1.54) is 12.8 Å². The van der Waals surface area contributed by atoms with E-state index in [0.29, 0.717) is 11.8 Å². The first-order valence-corrected chi connectivity index (χ1v) is 10.5. The smallest absolute Gasteiger partial charge is 0.150 e. The molecule has 1 aliphatic heterocycles. The third-order valence-corrected chi connectivity index (χ3v) is 7.40. The van der Waals surface area contributed by atoms with Crippen molar-refractivity contribution < 1.29 is 8.42 Å². The number of piperazine rings is 1. The van der Waals surface area contributed by atoms with Crippen molar-refractivity contribution in [3.8, 4) is 0 Å². The van der Waals surface area contributed by atoms with Crippen LogP contribution in [0.3, 0.4) is 0 Å². The summed E-state index contributed by atoms with van der Waals surface area (Å²) in [6.07, 6.45) is 5.76. The van der Waals surface area contributed by atoms with Gasteiger partial charge in [-0.1, -0.05) is 20.8 Å². The second-order valence-corrected chi connectivity index (χ2v) is 9.26. The SMILES string of the molecule is CCC1(CC)CNC(C2CC2)CN1CCCS(=O)(=O)CC. The van der Waals surface area contributed by atoms with Crippen LogP contribution in [0.25, 0.3) is 0 Å². The predicted octanol–water partition coefficient (Wildman–Crippen LogP) is 2.05. The third kappa shape index (κ3) is 4.20. The highest BCUT2D eigenvalue weighted by atomic mass is 32.2. The Morgan fingerprint density at radius 3 is 2.38 bits per heavy atom. The van der Waals surface area contributed by atoms with E-state index in [2.05, 4.69) is 24.1 Å². The zero-order valence-electron chi connectivity index (χ0n) is 13.9. The maximum absolute atomic E-state index is 11.7. The molecule has 1 N–H and O–H groups in total. The predicted molar refractivity (Wildman–Crippen MR) is 88.3 cm³/mol. The minimum atomic E-state index is -2.83. The first-order valence-electron chi connectivity index (χ1n) is 8.65. The van der Waals surface area contributed by atoms with Crippen molar-refractivity contribution in [2.24, 2.45) is 5.92 Å². The molecule has 1 unspecified atom stereocenters. The molecule has 0 radical (unpaired) electrons. The lowest BCUT2D eigenvalue weighted by atomic mass is 9.86. The second kappa shape index (κ2) is 6.97. The zero-order valence-corrected chi connectivity index (χ0v) is 14.7. The summed E-state index contributed by atoms with van der Waals surface area (Å²) in [5.74, 6) is 1.47. The second-order valence-electron chi connectivity index (χ2n) is 6.79. The van der Waals surface area contributed by atoms with Crippen molar-refractivity contribution in [3.05, 3.63) is 0 Å². The number of hydrogen-bond acceptors (Lipinski definition) is 4. The lowest BCUT2D eigenvalue weighted by Gasteiger charge is -2.50. The molecule has 0 amide bonds. The minimum Gasteiger partial charge on any atom is -0.311 e. The Bertz CT molecular complexity index is 428. The standard InChI is InChI=1S/C16H32N2O2S/c1-4-16(5-2)13-17-15(14-8-9-14)12-18(16)10-7-11-21(19,20)6-3/h14-15,17H,4-13H2,1-3H3. The molecule has 1 aliphatic carbocycles. The monoisotopic (exact) mass is 316 g/mol. The van der Waals surface area contributed by atoms with E-state index < -0.39 is 9.84 Å². The Morgan fingerprint density at radius 1 is 1.19 bits per heavy atom. The van der Waals surface area contributed by atoms with Crippen molar-refractivity contribution in [3.63, 3.8) is 0 Å². The number of rotatable bonds is 8. The van der Waals surface area contributed by atoms with Crippen molar-refractivity contribution in [2.45, 2.75) is 64.5 Å². The fourth-order valence-electron chi connectivity index (χ4n) is 3.64. The van der Waals surface area contributed by atoms with Crippen LogP contribution in [0.4, 0.5) is 0 Å². The first-order chi connectivity index (χ1) is 9.96. The molecule has 2 rings (SSSR count). The molecule has 21 heavy (non-hydrogen) atoms. The van der Waals surface area contributed by atoms with Gasteiger partial charge in [0, 0.05) is 30.4 Å². The molecule has 124 valence electrons. The van der Waals surface area contributed by atoms with Crippen molar-refractivity contribution in [2.75, 3.05) is 31.1 Å². The summed E-state index contributed by atoms with van der Waals surface area (Å²) in [5.41, 5.74) is 0.224. The highest BCUT2D eigenvalue weighted by molar-refractivity contribution is 7.91. The van der Waals surface area contributed by atoms with Gasteiger partial charge in [0.2, 0.25) is 0 Å². The van der Waals surface area contributed by atoms with E-state index >= 15 is 0 Å². The Kier molecular flexibility index (Phi) is 5.71. The van der Waals surface area contributed by atoms with Gasteiger partial charge in [-0.15, -0.1) is 0 Å². The number of nitrogens with one attached hydrogen (secondary N) is 1. The zero-order chi connectivity index (χ0) is 15.5. The van der Waals surface area contributed by atoms with Crippen LogP contribution < -0.4 is 5.32 Å². The molecule has 4 nitrogen and oxygen atoms in total. The van der Waals surface area contributed by atoms with Crippen molar-refractivity contribution in [1.82, 2.24) is 10.2 Å². The average Bonchev–Trinajstić information content (AvgIpc) is 3.32. The van der Waals surface area contributed by atoms with E-state index in [0.717, 1.165) is 44.8 Å². The van der Waals surface area contributed by atoms with Gasteiger partial charge in [0.25, 0.3) is 0 Å². The Labute approximate surface area is 130 Å². The minimum absolute atomic E-state index is 0.224. The molecule has 2 fully saturated rings. The van der Waals surface area contributed by atoms with Gasteiger partial charge in [-0.25, -0.2) is 8.42 Å². The quantitative estimate of drug-likeness (QED) is 0.744. The molecule has 0 bridgehead atoms. The van der Waals surface area contributed by atoms with Crippen molar-refractivity contribution in [1.29, 1.82) is 0 Å². The summed E-state index contributed by atoms with van der Waals surface area (Å²) in [4.78, 5) is 2.59. The molecule has 2 aliphatic rings. The lowest BCUT2D eigenvalue weighted by molar-refractivity contribution is 0.0275. The fraction of sp³-hybridized carbons (Fsp3) is 1.00. The highest BCUT2D eigenvalue weighted by Crippen LogP contribution is 2.37. The van der Waals surface area contributed by atoms with E-state index in [4.69, 9.17) is 0 Å². The molecule has 1 saturated heterocycles. The number of sulfone groups is 1. The molecule has 1 saturated carbocycles. The first kappa shape index (κ1) is 17.2. The number of nitrogens with zero attached hydrogens (tertiary/aromatic N) is 1. The van der Waals surface area contributed by atoms with Gasteiger partial charge in [-0.2, -0.15) is 0 Å². The van der Waals surface area contributed by atoms with Crippen LogP contribution in [0.15, 0.2) is 0 Å². The lowest BCUT2D eigenvalue weighted by Crippen LogP contribution is -2.64. The van der Waals surface area contributed by atoms with Gasteiger partial charge in [0.1, 0.15) is 9.84 Å². The molecule has 0 aromatic carbocycles. The van der Waals surface area contributed by atoms with E-state index in [1.54, 1.807) is 6.92 Å². The third-order valence-electron chi connectivity index (χ3n) is 5.61. The maximum Gasteiger partial charge on any atom is 0.150 e. The van der Waals surface area contributed by atoms with E-state index in [9.17, 15) is 8.42 Å². The van der Waals surface area contributed by atoms with Crippen LogP contribution in [0.1, 0.15) is 52.9 Å². The Balaban J connectivity index is 1.96. The van der Waals surface area contributed by atoms with E-state index in [-0.39, 0.29) is 11.3 Å². The van der Waals surface area contributed by atoms with Gasteiger partial charge in [-0.05, 0) is 44.6 Å². The highest BCUT2D eigenvalue weighted by Gasteiger charge is 2.42. The van der Waals surface area contributed by atoms with Gasteiger partial charge in [0.05, 0.1) is 5.75 Å². The molecule has 1 atom stereocenters. The fourth-order valence-corrected chi connectivity index (χ4v) is 4.50. The summed E-state index contributed by atoms with van der Waals surface area (Å²) < 4.78 is 23.4. The Hall–Kier alpha value is -0.130. The molecule has 0 spiro atoms. The molecule has 0 aromatic heterocycles. The van der Waals surface area contributed by atoms with Gasteiger partial charge in [0.15, 0.2) is 0 Å². The van der Waals surface area contributed by atoms with Gasteiger partial charge < -0.3 is 5.32 Å². The molecule has 5 heteroatoms. The molecular formula is C16H32N2O2S. The number of hydrogen-bond donors (Lipinski definition) is 1. The topological polar surface area (TPSA) is 49.4 Å². The summed E-state index contributed by atoms with van der Waals surface area (Å²) in [6, 6.07) is 0.624. The molecule has 0 aromatic rings. The van der Waals surface area contributed by atoms with Crippen LogP contribution in [0.5, 0.6) is 0 Å². The van der Waals surface area contributed by atoms with Crippen LogP contribution in [0.2, 0.25) is 0 Å². The van der Waals surface area contributed by atoms with Gasteiger partial charge >= 0.3 is 0 Å². The molecule has 1 heterocycles. The van der Waals surface area contributed by atoms with Crippen LogP contribution >= 0.6 is 0 Å². The van der Waals surface area contributed by atoms with Crippen LogP contribution in [-0.2, 0) is 9.84 Å². The van der Waals surface area contributed by atoms with Crippen molar-refractivity contribution >= 4 is 9.84 Å².